The molecule has 0 amide bonds. The zero-order chi connectivity index (χ0) is 18.5. The van der Waals surface area contributed by atoms with Gasteiger partial charge < -0.3 is 11.1 Å². The summed E-state index contributed by atoms with van der Waals surface area (Å²) in [6, 6.07) is 10.7. The van der Waals surface area contributed by atoms with E-state index in [0.717, 1.165) is 35.7 Å². The molecule has 7 heteroatoms. The predicted molar refractivity (Wildman–Crippen MR) is 122 cm³/mol. The first-order valence-corrected chi connectivity index (χ1v) is 9.48. The number of nitrogens with two attached hydrogens (primary N) is 1. The number of guanidine groups is 1. The van der Waals surface area contributed by atoms with Crippen molar-refractivity contribution in [1.82, 2.24) is 20.0 Å². The van der Waals surface area contributed by atoms with Crippen LogP contribution in [0.2, 0.25) is 0 Å². The molecule has 1 aliphatic rings. The van der Waals surface area contributed by atoms with Gasteiger partial charge in [-0.2, -0.15) is 5.10 Å². The van der Waals surface area contributed by atoms with Crippen LogP contribution >= 0.6 is 24.0 Å². The van der Waals surface area contributed by atoms with Crippen molar-refractivity contribution in [2.75, 3.05) is 19.6 Å². The molecule has 148 valence electrons. The second-order valence-corrected chi connectivity index (χ2v) is 6.90. The second-order valence-electron chi connectivity index (χ2n) is 6.90. The Morgan fingerprint density at radius 2 is 2.04 bits per heavy atom. The first-order chi connectivity index (χ1) is 12.6. The van der Waals surface area contributed by atoms with Crippen LogP contribution < -0.4 is 11.1 Å². The van der Waals surface area contributed by atoms with E-state index in [1.807, 2.05) is 29.8 Å². The summed E-state index contributed by atoms with van der Waals surface area (Å²) in [7, 11) is 0. The number of likely N-dealkylation sites (N-methyl/N-ethyl adjacent to an activating group) is 1. The summed E-state index contributed by atoms with van der Waals surface area (Å²) in [6.45, 7) is 10.0. The Balaban J connectivity index is 0.00000261. The number of nitrogens with one attached hydrogen (secondary N) is 1. The number of aryl methyl sites for hydroxylation is 1. The molecule has 1 fully saturated rings. The highest BCUT2D eigenvalue weighted by atomic mass is 127. The van der Waals surface area contributed by atoms with Crippen LogP contribution in [-0.4, -0.2) is 46.3 Å². The fourth-order valence-corrected chi connectivity index (χ4v) is 3.71. The first-order valence-electron chi connectivity index (χ1n) is 9.48. The third-order valence-electron chi connectivity index (χ3n) is 5.27. The lowest BCUT2D eigenvalue weighted by atomic mass is 10.2. The summed E-state index contributed by atoms with van der Waals surface area (Å²) in [4.78, 5) is 7.04. The van der Waals surface area contributed by atoms with Crippen molar-refractivity contribution in [2.24, 2.45) is 10.7 Å². The molecule has 1 aromatic heterocycles. The van der Waals surface area contributed by atoms with Gasteiger partial charge in [-0.25, -0.2) is 9.67 Å². The predicted octanol–water partition coefficient (Wildman–Crippen LogP) is 3.00. The van der Waals surface area contributed by atoms with Crippen LogP contribution in [0, 0.1) is 13.8 Å². The largest absolute Gasteiger partial charge is 0.370 e. The van der Waals surface area contributed by atoms with E-state index in [0.29, 0.717) is 18.5 Å². The minimum Gasteiger partial charge on any atom is -0.370 e. The summed E-state index contributed by atoms with van der Waals surface area (Å²) in [5, 5.41) is 7.96. The van der Waals surface area contributed by atoms with Gasteiger partial charge in [0.25, 0.3) is 0 Å². The normalized spacial score (nSPS) is 17.7. The van der Waals surface area contributed by atoms with E-state index in [2.05, 4.69) is 46.3 Å². The summed E-state index contributed by atoms with van der Waals surface area (Å²) in [6.07, 6.45) is 2.50. The quantitative estimate of drug-likeness (QED) is 0.378. The molecule has 1 saturated heterocycles. The monoisotopic (exact) mass is 482 g/mol. The molecule has 0 saturated carbocycles. The Bertz CT molecular complexity index is 755. The molecule has 0 aliphatic carbocycles. The third kappa shape index (κ3) is 5.22. The number of benzene rings is 1. The lowest BCUT2D eigenvalue weighted by Crippen LogP contribution is -2.42. The maximum absolute atomic E-state index is 6.10. The molecule has 1 unspecified atom stereocenters. The average molecular weight is 482 g/mol. The van der Waals surface area contributed by atoms with Crippen molar-refractivity contribution in [3.8, 4) is 5.69 Å². The number of aliphatic imine (C=N–C) groups is 1. The molecule has 1 aromatic carbocycles. The van der Waals surface area contributed by atoms with Gasteiger partial charge in [0.05, 0.1) is 17.9 Å². The van der Waals surface area contributed by atoms with Gasteiger partial charge in [0.1, 0.15) is 0 Å². The first kappa shape index (κ1) is 21.7. The number of nitrogens with zero attached hydrogens (tertiary/aromatic N) is 4. The number of hydrogen-bond acceptors (Lipinski definition) is 3. The molecular formula is C20H31IN6. The summed E-state index contributed by atoms with van der Waals surface area (Å²) < 4.78 is 1.97. The van der Waals surface area contributed by atoms with E-state index in [1.54, 1.807) is 0 Å². The fourth-order valence-electron chi connectivity index (χ4n) is 3.71. The van der Waals surface area contributed by atoms with Crippen molar-refractivity contribution < 1.29 is 0 Å². The molecule has 0 bridgehead atoms. The van der Waals surface area contributed by atoms with Crippen molar-refractivity contribution in [2.45, 2.75) is 46.2 Å². The lowest BCUT2D eigenvalue weighted by Gasteiger charge is -2.23. The van der Waals surface area contributed by atoms with Crippen molar-refractivity contribution in [3.63, 3.8) is 0 Å². The SMILES string of the molecule is CCN1CCCC1CNC(N)=NCc1c(C)nn(-c2ccccc2)c1C.I. The number of rotatable bonds is 6. The van der Waals surface area contributed by atoms with E-state index in [4.69, 9.17) is 5.73 Å². The maximum atomic E-state index is 6.10. The smallest absolute Gasteiger partial charge is 0.188 e. The molecule has 27 heavy (non-hydrogen) atoms. The standard InChI is InChI=1S/C20H30N6.HI/c1-4-25-12-8-11-18(25)13-22-20(21)23-14-19-15(2)24-26(16(19)3)17-9-6-5-7-10-17;/h5-7,9-10,18H,4,8,11-14H2,1-3H3,(H3,21,22,23);1H. The zero-order valence-electron chi connectivity index (χ0n) is 16.5. The van der Waals surface area contributed by atoms with Crippen LogP contribution in [0.4, 0.5) is 0 Å². The van der Waals surface area contributed by atoms with Crippen molar-refractivity contribution in [3.05, 3.63) is 47.3 Å². The molecule has 2 aromatic rings. The molecule has 1 aliphatic heterocycles. The number of aromatic nitrogens is 2. The van der Waals surface area contributed by atoms with Crippen LogP contribution in [0.25, 0.3) is 5.69 Å². The lowest BCUT2D eigenvalue weighted by molar-refractivity contribution is 0.267. The highest BCUT2D eigenvalue weighted by Crippen LogP contribution is 2.19. The molecule has 3 rings (SSSR count). The van der Waals surface area contributed by atoms with Crippen LogP contribution in [0.5, 0.6) is 0 Å². The fraction of sp³-hybridized carbons (Fsp3) is 0.500. The van der Waals surface area contributed by atoms with E-state index < -0.39 is 0 Å². The number of likely N-dealkylation sites (tertiary alicyclic amines) is 1. The summed E-state index contributed by atoms with van der Waals surface area (Å²) in [5.74, 6) is 0.513. The van der Waals surface area contributed by atoms with E-state index in [-0.39, 0.29) is 24.0 Å². The van der Waals surface area contributed by atoms with Crippen LogP contribution in [0.1, 0.15) is 36.7 Å². The highest BCUT2D eigenvalue weighted by molar-refractivity contribution is 14.0. The second kappa shape index (κ2) is 10.1. The number of para-hydroxylation sites is 1. The maximum Gasteiger partial charge on any atom is 0.188 e. The van der Waals surface area contributed by atoms with Crippen LogP contribution in [-0.2, 0) is 6.54 Å². The van der Waals surface area contributed by atoms with E-state index in [9.17, 15) is 0 Å². The van der Waals surface area contributed by atoms with Gasteiger partial charge in [0.2, 0.25) is 0 Å². The van der Waals surface area contributed by atoms with Crippen molar-refractivity contribution in [1.29, 1.82) is 0 Å². The molecule has 1 atom stereocenters. The molecule has 2 heterocycles. The summed E-state index contributed by atoms with van der Waals surface area (Å²) >= 11 is 0. The van der Waals surface area contributed by atoms with E-state index >= 15 is 0 Å². The number of hydrogen-bond donors (Lipinski definition) is 2. The van der Waals surface area contributed by atoms with Gasteiger partial charge in [0.15, 0.2) is 5.96 Å². The Hall–Kier alpha value is -1.61. The Morgan fingerprint density at radius 3 is 2.74 bits per heavy atom. The molecular weight excluding hydrogens is 451 g/mol. The molecule has 3 N–H and O–H groups in total. The molecule has 0 radical (unpaired) electrons. The Morgan fingerprint density at radius 1 is 1.30 bits per heavy atom. The van der Waals surface area contributed by atoms with Gasteiger partial charge >= 0.3 is 0 Å². The Kier molecular flexibility index (Phi) is 8.09. The van der Waals surface area contributed by atoms with Gasteiger partial charge in [-0.1, -0.05) is 25.1 Å². The average Bonchev–Trinajstić information content (AvgIpc) is 3.23. The van der Waals surface area contributed by atoms with Gasteiger partial charge in [-0.05, 0) is 51.9 Å². The van der Waals surface area contributed by atoms with Gasteiger partial charge in [-0.3, -0.25) is 4.90 Å². The molecule has 6 nitrogen and oxygen atoms in total. The van der Waals surface area contributed by atoms with Crippen LogP contribution in [0.15, 0.2) is 35.3 Å². The van der Waals surface area contributed by atoms with Crippen LogP contribution in [0.3, 0.4) is 0 Å². The number of halogens is 1. The van der Waals surface area contributed by atoms with E-state index in [1.165, 1.54) is 19.4 Å². The minimum atomic E-state index is 0. The molecule has 0 spiro atoms. The van der Waals surface area contributed by atoms with Gasteiger partial charge in [0, 0.05) is 23.8 Å². The minimum absolute atomic E-state index is 0. The summed E-state index contributed by atoms with van der Waals surface area (Å²) in [5.41, 5.74) is 10.4. The van der Waals surface area contributed by atoms with Crippen molar-refractivity contribution >= 4 is 29.9 Å². The zero-order valence-corrected chi connectivity index (χ0v) is 18.8. The van der Waals surface area contributed by atoms with Gasteiger partial charge in [-0.15, -0.1) is 24.0 Å². The topological polar surface area (TPSA) is 71.5 Å². The third-order valence-corrected chi connectivity index (χ3v) is 5.27. The Labute approximate surface area is 179 Å². The highest BCUT2D eigenvalue weighted by Gasteiger charge is 2.22.